The Hall–Kier alpha value is 0.420. The van der Waals surface area contributed by atoms with Crippen molar-refractivity contribution in [3.8, 4) is 0 Å². The Morgan fingerprint density at radius 3 is 2.82 bits per heavy atom. The number of nitrogens with one attached hydrogen (secondary N) is 1. The molecule has 5 heteroatoms. The van der Waals surface area contributed by atoms with Crippen LogP contribution in [0.15, 0.2) is 21.2 Å². The molecule has 0 aliphatic carbocycles. The minimum absolute atomic E-state index is 0.830. The SMILES string of the molecule is CSCCCCCNCc1ncc(Br)cc1Br. The number of hydrogen-bond donors (Lipinski definition) is 1. The van der Waals surface area contributed by atoms with Gasteiger partial charge in [0.25, 0.3) is 0 Å². The third kappa shape index (κ3) is 6.79. The quantitative estimate of drug-likeness (QED) is 0.682. The number of hydrogen-bond acceptors (Lipinski definition) is 3. The molecule has 1 aromatic heterocycles. The second-order valence-corrected chi connectivity index (χ2v) is 6.57. The summed E-state index contributed by atoms with van der Waals surface area (Å²) in [6.45, 7) is 1.90. The van der Waals surface area contributed by atoms with Crippen LogP contribution in [-0.4, -0.2) is 23.5 Å². The van der Waals surface area contributed by atoms with Crippen LogP contribution in [0.5, 0.6) is 0 Å². The molecule has 0 saturated heterocycles. The van der Waals surface area contributed by atoms with Crippen LogP contribution in [0.2, 0.25) is 0 Å². The van der Waals surface area contributed by atoms with Gasteiger partial charge in [0.05, 0.1) is 5.69 Å². The summed E-state index contributed by atoms with van der Waals surface area (Å²) in [5, 5.41) is 3.42. The second kappa shape index (κ2) is 9.36. The molecule has 2 nitrogen and oxygen atoms in total. The third-order valence-electron chi connectivity index (χ3n) is 2.38. The van der Waals surface area contributed by atoms with Crippen molar-refractivity contribution in [2.24, 2.45) is 0 Å². The molecule has 0 unspecified atom stereocenters. The minimum Gasteiger partial charge on any atom is -0.311 e. The minimum atomic E-state index is 0.830. The van der Waals surface area contributed by atoms with E-state index in [1.165, 1.54) is 25.0 Å². The van der Waals surface area contributed by atoms with Gasteiger partial charge in [-0.3, -0.25) is 4.98 Å². The van der Waals surface area contributed by atoms with Gasteiger partial charge in [0, 0.05) is 21.7 Å². The first-order valence-electron chi connectivity index (χ1n) is 5.73. The molecule has 1 aromatic rings. The van der Waals surface area contributed by atoms with E-state index >= 15 is 0 Å². The lowest BCUT2D eigenvalue weighted by Gasteiger charge is -2.06. The van der Waals surface area contributed by atoms with Gasteiger partial charge in [0.15, 0.2) is 0 Å². The molecule has 0 atom stereocenters. The van der Waals surface area contributed by atoms with Crippen molar-refractivity contribution in [1.82, 2.24) is 10.3 Å². The fourth-order valence-electron chi connectivity index (χ4n) is 1.45. The van der Waals surface area contributed by atoms with E-state index in [2.05, 4.69) is 48.4 Å². The zero-order valence-corrected chi connectivity index (χ0v) is 14.0. The fraction of sp³-hybridized carbons (Fsp3) is 0.583. The van der Waals surface area contributed by atoms with Crippen LogP contribution in [0.1, 0.15) is 25.0 Å². The standard InChI is InChI=1S/C12H18Br2N2S/c1-17-6-4-2-3-5-15-9-12-11(14)7-10(13)8-16-12/h7-8,15H,2-6,9H2,1H3. The predicted molar refractivity (Wildman–Crippen MR) is 83.6 cm³/mol. The van der Waals surface area contributed by atoms with Gasteiger partial charge in [-0.25, -0.2) is 0 Å². The summed E-state index contributed by atoms with van der Waals surface area (Å²) in [4.78, 5) is 4.37. The van der Waals surface area contributed by atoms with Crippen LogP contribution in [0.3, 0.4) is 0 Å². The summed E-state index contributed by atoms with van der Waals surface area (Å²) >= 11 is 8.84. The summed E-state index contributed by atoms with van der Waals surface area (Å²) < 4.78 is 2.06. The summed E-state index contributed by atoms with van der Waals surface area (Å²) in [7, 11) is 0. The van der Waals surface area contributed by atoms with Crippen LogP contribution >= 0.6 is 43.6 Å². The maximum atomic E-state index is 4.37. The Balaban J connectivity index is 2.14. The van der Waals surface area contributed by atoms with Crippen molar-refractivity contribution in [3.05, 3.63) is 26.9 Å². The van der Waals surface area contributed by atoms with E-state index in [0.29, 0.717) is 0 Å². The third-order valence-corrected chi connectivity index (χ3v) is 4.20. The molecule has 0 fully saturated rings. The summed E-state index contributed by atoms with van der Waals surface area (Å²) in [5.41, 5.74) is 1.07. The first kappa shape index (κ1) is 15.5. The molecule has 0 aromatic carbocycles. The molecule has 0 spiro atoms. The maximum absolute atomic E-state index is 4.37. The number of thioether (sulfide) groups is 1. The largest absolute Gasteiger partial charge is 0.311 e. The number of unbranched alkanes of at least 4 members (excludes halogenated alkanes) is 2. The van der Waals surface area contributed by atoms with Gasteiger partial charge in [-0.05, 0) is 69.3 Å². The predicted octanol–water partition coefficient (Wildman–Crippen LogP) is 4.23. The van der Waals surface area contributed by atoms with Gasteiger partial charge in [0.2, 0.25) is 0 Å². The molecule has 0 radical (unpaired) electrons. The average Bonchev–Trinajstić information content (AvgIpc) is 2.30. The van der Waals surface area contributed by atoms with E-state index in [-0.39, 0.29) is 0 Å². The Kier molecular flexibility index (Phi) is 8.52. The number of aromatic nitrogens is 1. The first-order chi connectivity index (χ1) is 8.24. The van der Waals surface area contributed by atoms with Crippen molar-refractivity contribution < 1.29 is 0 Å². The van der Waals surface area contributed by atoms with Gasteiger partial charge in [-0.2, -0.15) is 11.8 Å². The zero-order valence-electron chi connectivity index (χ0n) is 10.0. The second-order valence-electron chi connectivity index (χ2n) is 3.81. The number of rotatable bonds is 8. The molecule has 1 rings (SSSR count). The Labute approximate surface area is 125 Å². The fourth-order valence-corrected chi connectivity index (χ4v) is 3.07. The van der Waals surface area contributed by atoms with Gasteiger partial charge in [-0.1, -0.05) is 6.42 Å². The zero-order chi connectivity index (χ0) is 12.5. The molecule has 0 aliphatic heterocycles. The smallest absolute Gasteiger partial charge is 0.0684 e. The molecule has 1 N–H and O–H groups in total. The summed E-state index contributed by atoms with van der Waals surface area (Å²) in [6, 6.07) is 2.03. The molecule has 96 valence electrons. The van der Waals surface area contributed by atoms with Crippen LogP contribution in [0.25, 0.3) is 0 Å². The highest BCUT2D eigenvalue weighted by Crippen LogP contribution is 2.19. The van der Waals surface area contributed by atoms with E-state index in [0.717, 1.165) is 27.7 Å². The lowest BCUT2D eigenvalue weighted by Crippen LogP contribution is -2.16. The highest BCUT2D eigenvalue weighted by molar-refractivity contribution is 9.11. The topological polar surface area (TPSA) is 24.9 Å². The monoisotopic (exact) mass is 380 g/mol. The van der Waals surface area contributed by atoms with E-state index in [1.807, 2.05) is 24.0 Å². The number of halogens is 2. The van der Waals surface area contributed by atoms with Crippen LogP contribution < -0.4 is 5.32 Å². The molecule has 0 bridgehead atoms. The average molecular weight is 382 g/mol. The highest BCUT2D eigenvalue weighted by atomic mass is 79.9. The van der Waals surface area contributed by atoms with Crippen molar-refractivity contribution in [3.63, 3.8) is 0 Å². The molecule has 17 heavy (non-hydrogen) atoms. The van der Waals surface area contributed by atoms with E-state index in [4.69, 9.17) is 0 Å². The molecule has 0 saturated carbocycles. The summed E-state index contributed by atoms with van der Waals surface area (Å²) in [5.74, 6) is 1.28. The van der Waals surface area contributed by atoms with Crippen molar-refractivity contribution in [1.29, 1.82) is 0 Å². The van der Waals surface area contributed by atoms with E-state index in [1.54, 1.807) is 0 Å². The van der Waals surface area contributed by atoms with Crippen LogP contribution in [0.4, 0.5) is 0 Å². The Morgan fingerprint density at radius 1 is 1.29 bits per heavy atom. The molecule has 0 aliphatic rings. The van der Waals surface area contributed by atoms with Crippen molar-refractivity contribution >= 4 is 43.6 Å². The molecule has 0 amide bonds. The van der Waals surface area contributed by atoms with Gasteiger partial charge >= 0.3 is 0 Å². The van der Waals surface area contributed by atoms with Crippen LogP contribution in [-0.2, 0) is 6.54 Å². The van der Waals surface area contributed by atoms with E-state index in [9.17, 15) is 0 Å². The van der Waals surface area contributed by atoms with Gasteiger partial charge in [0.1, 0.15) is 0 Å². The lowest BCUT2D eigenvalue weighted by atomic mass is 10.2. The Bertz CT molecular complexity index is 334. The highest BCUT2D eigenvalue weighted by Gasteiger charge is 2.01. The Morgan fingerprint density at radius 2 is 2.12 bits per heavy atom. The van der Waals surface area contributed by atoms with Crippen molar-refractivity contribution in [2.45, 2.75) is 25.8 Å². The lowest BCUT2D eigenvalue weighted by molar-refractivity contribution is 0.611. The normalized spacial score (nSPS) is 10.8. The number of nitrogens with zero attached hydrogens (tertiary/aromatic N) is 1. The molecular weight excluding hydrogens is 364 g/mol. The van der Waals surface area contributed by atoms with Crippen LogP contribution in [0, 0.1) is 0 Å². The van der Waals surface area contributed by atoms with E-state index < -0.39 is 0 Å². The number of pyridine rings is 1. The maximum Gasteiger partial charge on any atom is 0.0684 e. The molecular formula is C12H18Br2N2S. The first-order valence-corrected chi connectivity index (χ1v) is 8.71. The van der Waals surface area contributed by atoms with Gasteiger partial charge in [-0.15, -0.1) is 0 Å². The molecule has 1 heterocycles. The van der Waals surface area contributed by atoms with Gasteiger partial charge < -0.3 is 5.32 Å². The summed E-state index contributed by atoms with van der Waals surface area (Å²) in [6.07, 6.45) is 7.87. The van der Waals surface area contributed by atoms with Crippen molar-refractivity contribution in [2.75, 3.05) is 18.6 Å².